The number of amides is 1. The Morgan fingerprint density at radius 2 is 2.32 bits per heavy atom. The van der Waals surface area contributed by atoms with Crippen LogP contribution < -0.4 is 10.6 Å². The lowest BCUT2D eigenvalue weighted by atomic mass is 10.2. The Labute approximate surface area is 114 Å². The highest BCUT2D eigenvalue weighted by atomic mass is 32.1. The van der Waals surface area contributed by atoms with Crippen LogP contribution in [0, 0.1) is 5.92 Å². The molecule has 3 rings (SSSR count). The van der Waals surface area contributed by atoms with Crippen molar-refractivity contribution in [2.24, 2.45) is 5.92 Å². The average molecular weight is 275 g/mol. The molecule has 2 N–H and O–H groups in total. The number of pyridine rings is 1. The molecule has 98 valence electrons. The van der Waals surface area contributed by atoms with Gasteiger partial charge in [-0.1, -0.05) is 18.3 Å². The molecule has 6 nitrogen and oxygen atoms in total. The van der Waals surface area contributed by atoms with E-state index in [2.05, 4.69) is 32.7 Å². The number of rotatable bonds is 4. The molecule has 2 atom stereocenters. The molecule has 0 aromatic carbocycles. The van der Waals surface area contributed by atoms with E-state index in [4.69, 9.17) is 0 Å². The minimum absolute atomic E-state index is 0.226. The second-order valence-electron chi connectivity index (χ2n) is 4.59. The van der Waals surface area contributed by atoms with E-state index in [-0.39, 0.29) is 5.91 Å². The van der Waals surface area contributed by atoms with Crippen molar-refractivity contribution in [3.8, 4) is 0 Å². The van der Waals surface area contributed by atoms with E-state index in [1.807, 2.05) is 6.07 Å². The van der Waals surface area contributed by atoms with Crippen LogP contribution in [0.3, 0.4) is 0 Å². The van der Waals surface area contributed by atoms with E-state index >= 15 is 0 Å². The molecule has 7 heteroatoms. The first-order valence-electron chi connectivity index (χ1n) is 6.02. The Balaban J connectivity index is 1.63. The highest BCUT2D eigenvalue weighted by Gasteiger charge is 2.32. The van der Waals surface area contributed by atoms with Crippen LogP contribution in [0.4, 0.5) is 10.9 Å². The molecule has 2 heterocycles. The largest absolute Gasteiger partial charge is 0.367 e. The molecule has 0 spiro atoms. The van der Waals surface area contributed by atoms with Gasteiger partial charge in [-0.05, 0) is 24.5 Å². The van der Waals surface area contributed by atoms with Gasteiger partial charge in [-0.15, -0.1) is 10.2 Å². The highest BCUT2D eigenvalue weighted by Crippen LogP contribution is 2.31. The van der Waals surface area contributed by atoms with Crippen LogP contribution in [0.2, 0.25) is 0 Å². The van der Waals surface area contributed by atoms with Gasteiger partial charge >= 0.3 is 0 Å². The van der Waals surface area contributed by atoms with Gasteiger partial charge in [0.2, 0.25) is 5.13 Å². The van der Waals surface area contributed by atoms with Crippen molar-refractivity contribution in [2.75, 3.05) is 10.6 Å². The van der Waals surface area contributed by atoms with Gasteiger partial charge in [-0.2, -0.15) is 0 Å². The van der Waals surface area contributed by atoms with Gasteiger partial charge in [-0.25, -0.2) is 4.98 Å². The van der Waals surface area contributed by atoms with Crippen LogP contribution in [0.25, 0.3) is 0 Å². The third-order valence-corrected chi connectivity index (χ3v) is 3.66. The van der Waals surface area contributed by atoms with Gasteiger partial charge in [0.05, 0.1) is 5.56 Å². The summed E-state index contributed by atoms with van der Waals surface area (Å²) in [5.74, 6) is 1.29. The maximum atomic E-state index is 11.9. The predicted octanol–water partition coefficient (Wildman–Crippen LogP) is 2.01. The van der Waals surface area contributed by atoms with Crippen molar-refractivity contribution in [3.05, 3.63) is 29.4 Å². The number of aromatic nitrogens is 3. The van der Waals surface area contributed by atoms with E-state index < -0.39 is 0 Å². The van der Waals surface area contributed by atoms with Gasteiger partial charge in [-0.3, -0.25) is 10.1 Å². The molecule has 2 aromatic rings. The number of hydrogen-bond donors (Lipinski definition) is 2. The fraction of sp³-hybridized carbons (Fsp3) is 0.333. The number of carbonyl (C=O) groups is 1. The summed E-state index contributed by atoms with van der Waals surface area (Å²) < 4.78 is 0. The molecule has 0 aliphatic heterocycles. The van der Waals surface area contributed by atoms with E-state index in [0.717, 1.165) is 5.82 Å². The summed E-state index contributed by atoms with van der Waals surface area (Å²) in [7, 11) is 0. The Bertz CT molecular complexity index is 568. The zero-order chi connectivity index (χ0) is 13.2. The first kappa shape index (κ1) is 12.0. The minimum atomic E-state index is -0.226. The summed E-state index contributed by atoms with van der Waals surface area (Å²) >= 11 is 1.28. The van der Waals surface area contributed by atoms with Crippen LogP contribution in [0.5, 0.6) is 0 Å². The Kier molecular flexibility index (Phi) is 3.12. The highest BCUT2D eigenvalue weighted by molar-refractivity contribution is 7.13. The minimum Gasteiger partial charge on any atom is -0.367 e. The summed E-state index contributed by atoms with van der Waals surface area (Å²) in [6.07, 6.45) is 2.74. The van der Waals surface area contributed by atoms with E-state index in [9.17, 15) is 4.79 Å². The lowest BCUT2D eigenvalue weighted by Gasteiger charge is -2.05. The Hall–Kier alpha value is -2.02. The van der Waals surface area contributed by atoms with Gasteiger partial charge in [0.25, 0.3) is 5.91 Å². The van der Waals surface area contributed by atoms with Crippen molar-refractivity contribution in [3.63, 3.8) is 0 Å². The second kappa shape index (κ2) is 4.93. The van der Waals surface area contributed by atoms with Crippen LogP contribution in [-0.4, -0.2) is 27.1 Å². The second-order valence-corrected chi connectivity index (χ2v) is 5.43. The monoisotopic (exact) mass is 275 g/mol. The van der Waals surface area contributed by atoms with Crippen LogP contribution in [-0.2, 0) is 0 Å². The van der Waals surface area contributed by atoms with E-state index in [0.29, 0.717) is 22.7 Å². The van der Waals surface area contributed by atoms with Crippen molar-refractivity contribution in [1.82, 2.24) is 15.2 Å². The van der Waals surface area contributed by atoms with Crippen molar-refractivity contribution in [1.29, 1.82) is 0 Å². The molecule has 1 saturated carbocycles. The maximum absolute atomic E-state index is 11.9. The third-order valence-electron chi connectivity index (χ3n) is 3.05. The van der Waals surface area contributed by atoms with Crippen molar-refractivity contribution in [2.45, 2.75) is 19.4 Å². The van der Waals surface area contributed by atoms with Gasteiger partial charge in [0.1, 0.15) is 11.3 Å². The SMILES string of the molecule is CC1CC1Nc1ccc(C(=O)Nc2nncs2)cn1. The smallest absolute Gasteiger partial charge is 0.259 e. The molecule has 1 amide bonds. The van der Waals surface area contributed by atoms with Crippen LogP contribution >= 0.6 is 11.3 Å². The molecule has 2 unspecified atom stereocenters. The molecule has 0 saturated heterocycles. The third kappa shape index (κ3) is 2.87. The lowest BCUT2D eigenvalue weighted by molar-refractivity contribution is 0.102. The molecule has 1 aliphatic carbocycles. The predicted molar refractivity (Wildman–Crippen MR) is 73.3 cm³/mol. The molecule has 19 heavy (non-hydrogen) atoms. The standard InChI is InChI=1S/C12H13N5OS/c1-7-4-9(7)15-10-3-2-8(5-13-10)11(18)16-12-17-14-6-19-12/h2-3,5-7,9H,4H2,1H3,(H,13,15)(H,16,17,18). The fourth-order valence-electron chi connectivity index (χ4n) is 1.72. The summed E-state index contributed by atoms with van der Waals surface area (Å²) in [5, 5.41) is 13.9. The van der Waals surface area contributed by atoms with E-state index in [1.165, 1.54) is 17.8 Å². The first-order chi connectivity index (χ1) is 9.22. The molecule has 1 aliphatic rings. The molecule has 2 aromatic heterocycles. The topological polar surface area (TPSA) is 79.8 Å². The zero-order valence-electron chi connectivity index (χ0n) is 10.3. The fourth-order valence-corrected chi connectivity index (χ4v) is 2.16. The number of anilines is 2. The first-order valence-corrected chi connectivity index (χ1v) is 6.90. The summed E-state index contributed by atoms with van der Waals surface area (Å²) in [4.78, 5) is 16.1. The Morgan fingerprint density at radius 3 is 2.89 bits per heavy atom. The Morgan fingerprint density at radius 1 is 1.47 bits per heavy atom. The maximum Gasteiger partial charge on any atom is 0.259 e. The normalized spacial score (nSPS) is 20.9. The van der Waals surface area contributed by atoms with Gasteiger partial charge in [0.15, 0.2) is 0 Å². The number of carbonyl (C=O) groups excluding carboxylic acids is 1. The molecule has 1 fully saturated rings. The quantitative estimate of drug-likeness (QED) is 0.892. The number of nitrogens with one attached hydrogen (secondary N) is 2. The van der Waals surface area contributed by atoms with E-state index in [1.54, 1.807) is 17.8 Å². The van der Waals surface area contributed by atoms with Gasteiger partial charge in [0, 0.05) is 12.2 Å². The number of nitrogens with zero attached hydrogens (tertiary/aromatic N) is 3. The molecular weight excluding hydrogens is 262 g/mol. The number of hydrogen-bond acceptors (Lipinski definition) is 6. The van der Waals surface area contributed by atoms with Crippen LogP contribution in [0.15, 0.2) is 23.8 Å². The van der Waals surface area contributed by atoms with Crippen LogP contribution in [0.1, 0.15) is 23.7 Å². The summed E-state index contributed by atoms with van der Waals surface area (Å²) in [5.41, 5.74) is 2.07. The molecule has 0 bridgehead atoms. The molecule has 0 radical (unpaired) electrons. The zero-order valence-corrected chi connectivity index (χ0v) is 11.1. The van der Waals surface area contributed by atoms with Crippen molar-refractivity contribution < 1.29 is 4.79 Å². The summed E-state index contributed by atoms with van der Waals surface area (Å²) in [6, 6.07) is 4.09. The lowest BCUT2D eigenvalue weighted by Crippen LogP contribution is -2.12. The average Bonchev–Trinajstić information content (AvgIpc) is 2.90. The van der Waals surface area contributed by atoms with Crippen molar-refractivity contribution >= 4 is 28.2 Å². The van der Waals surface area contributed by atoms with Gasteiger partial charge < -0.3 is 5.32 Å². The summed E-state index contributed by atoms with van der Waals surface area (Å²) in [6.45, 7) is 2.20. The molecular formula is C12H13N5OS.